The van der Waals surface area contributed by atoms with Crippen LogP contribution in [0.5, 0.6) is 0 Å². The van der Waals surface area contributed by atoms with Crippen LogP contribution in [-0.4, -0.2) is 62.4 Å². The van der Waals surface area contributed by atoms with Crippen LogP contribution in [-0.2, 0) is 28.5 Å². The molecule has 0 aromatic rings. The molecule has 0 heterocycles. The summed E-state index contributed by atoms with van der Waals surface area (Å²) >= 11 is 0. The van der Waals surface area contributed by atoms with Crippen molar-refractivity contribution in [2.45, 2.75) is 131 Å². The maximum atomic E-state index is 12.8. The van der Waals surface area contributed by atoms with Crippen molar-refractivity contribution in [1.82, 2.24) is 0 Å². The SMILES string of the molecule is CCOCCCCCC(=O)[C@@](C)(CC)OCC(C)(C)COC(C)C(=O)CCCCCOC(C)C. The molecule has 0 aliphatic rings. The Morgan fingerprint density at radius 3 is 1.97 bits per heavy atom. The fraction of sp³-hybridized carbons (Fsp3) is 0.929. The molecule has 0 fully saturated rings. The van der Waals surface area contributed by atoms with Crippen LogP contribution in [0.15, 0.2) is 0 Å². The van der Waals surface area contributed by atoms with Gasteiger partial charge in [0.1, 0.15) is 11.7 Å². The van der Waals surface area contributed by atoms with Crippen LogP contribution in [0, 0.1) is 5.41 Å². The minimum Gasteiger partial charge on any atom is -0.382 e. The quantitative estimate of drug-likeness (QED) is 0.157. The van der Waals surface area contributed by atoms with E-state index in [4.69, 9.17) is 18.9 Å². The molecule has 0 rings (SSSR count). The summed E-state index contributed by atoms with van der Waals surface area (Å²) in [5, 5.41) is 0. The first-order chi connectivity index (χ1) is 16.0. The lowest BCUT2D eigenvalue weighted by atomic mass is 9.91. The molecule has 0 aliphatic carbocycles. The average molecular weight is 487 g/mol. The van der Waals surface area contributed by atoms with Crippen molar-refractivity contribution in [3.8, 4) is 0 Å². The Labute approximate surface area is 209 Å². The lowest BCUT2D eigenvalue weighted by Crippen LogP contribution is -2.41. The number of carbonyl (C=O) groups is 2. The summed E-state index contributed by atoms with van der Waals surface area (Å²) in [5.41, 5.74) is -1.07. The van der Waals surface area contributed by atoms with E-state index in [9.17, 15) is 9.59 Å². The van der Waals surface area contributed by atoms with Gasteiger partial charge in [-0.15, -0.1) is 0 Å². The van der Waals surface area contributed by atoms with E-state index in [1.54, 1.807) is 0 Å². The topological polar surface area (TPSA) is 71.1 Å². The largest absolute Gasteiger partial charge is 0.382 e. The Bertz CT molecular complexity index is 545. The van der Waals surface area contributed by atoms with Crippen molar-refractivity contribution >= 4 is 11.6 Å². The molecule has 0 spiro atoms. The number of ether oxygens (including phenoxy) is 4. The Kier molecular flexibility index (Phi) is 18.0. The van der Waals surface area contributed by atoms with E-state index in [1.807, 2.05) is 55.4 Å². The Balaban J connectivity index is 4.30. The summed E-state index contributed by atoms with van der Waals surface area (Å²) in [6.07, 6.45) is 7.20. The van der Waals surface area contributed by atoms with Crippen molar-refractivity contribution in [2.24, 2.45) is 5.41 Å². The predicted octanol–water partition coefficient (Wildman–Crippen LogP) is 6.32. The third kappa shape index (κ3) is 16.0. The van der Waals surface area contributed by atoms with Crippen molar-refractivity contribution in [3.05, 3.63) is 0 Å². The molecule has 34 heavy (non-hydrogen) atoms. The first-order valence-electron chi connectivity index (χ1n) is 13.5. The zero-order valence-corrected chi connectivity index (χ0v) is 23.5. The molecule has 0 radical (unpaired) electrons. The van der Waals surface area contributed by atoms with E-state index in [1.165, 1.54) is 0 Å². The highest BCUT2D eigenvalue weighted by Crippen LogP contribution is 2.26. The van der Waals surface area contributed by atoms with Gasteiger partial charge in [0.2, 0.25) is 0 Å². The molecule has 0 aromatic carbocycles. The molecule has 0 aromatic heterocycles. The number of Topliss-reactive ketones (excluding diaryl/α,β-unsaturated/α-hetero) is 2. The highest BCUT2D eigenvalue weighted by atomic mass is 16.5. The number of hydrogen-bond donors (Lipinski definition) is 0. The van der Waals surface area contributed by atoms with Crippen LogP contribution < -0.4 is 0 Å². The number of hydrogen-bond acceptors (Lipinski definition) is 6. The zero-order chi connectivity index (χ0) is 26.0. The molecule has 0 saturated carbocycles. The van der Waals surface area contributed by atoms with E-state index >= 15 is 0 Å². The highest BCUT2D eigenvalue weighted by molar-refractivity contribution is 5.86. The molecule has 0 N–H and O–H groups in total. The van der Waals surface area contributed by atoms with Gasteiger partial charge in [-0.1, -0.05) is 33.6 Å². The molecule has 1 unspecified atom stereocenters. The van der Waals surface area contributed by atoms with Gasteiger partial charge in [-0.3, -0.25) is 9.59 Å². The summed E-state index contributed by atoms with van der Waals surface area (Å²) in [7, 11) is 0. The van der Waals surface area contributed by atoms with Crippen molar-refractivity contribution in [2.75, 3.05) is 33.0 Å². The number of rotatable bonds is 23. The van der Waals surface area contributed by atoms with Crippen LogP contribution in [0.2, 0.25) is 0 Å². The number of unbranched alkanes of at least 4 members (excludes halogenated alkanes) is 4. The summed E-state index contributed by atoms with van der Waals surface area (Å²) in [5.74, 6) is 0.296. The van der Waals surface area contributed by atoms with E-state index in [0.717, 1.165) is 58.3 Å². The monoisotopic (exact) mass is 486 g/mol. The summed E-state index contributed by atoms with van der Waals surface area (Å²) < 4.78 is 22.9. The Morgan fingerprint density at radius 1 is 0.765 bits per heavy atom. The molecular formula is C28H54O6. The second-order valence-electron chi connectivity index (χ2n) is 10.6. The maximum Gasteiger partial charge on any atom is 0.164 e. The highest BCUT2D eigenvalue weighted by Gasteiger charge is 2.34. The van der Waals surface area contributed by atoms with E-state index in [0.29, 0.717) is 32.5 Å². The van der Waals surface area contributed by atoms with Crippen LogP contribution in [0.25, 0.3) is 0 Å². The summed E-state index contributed by atoms with van der Waals surface area (Å²) in [6.45, 7) is 18.9. The van der Waals surface area contributed by atoms with Gasteiger partial charge in [0.15, 0.2) is 11.6 Å². The van der Waals surface area contributed by atoms with Crippen LogP contribution in [0.3, 0.4) is 0 Å². The molecule has 6 nitrogen and oxygen atoms in total. The fourth-order valence-corrected chi connectivity index (χ4v) is 3.40. The van der Waals surface area contributed by atoms with Gasteiger partial charge in [0.05, 0.1) is 19.3 Å². The lowest BCUT2D eigenvalue weighted by molar-refractivity contribution is -0.151. The Morgan fingerprint density at radius 2 is 1.38 bits per heavy atom. The first-order valence-corrected chi connectivity index (χ1v) is 13.5. The minimum atomic E-state index is -0.780. The van der Waals surface area contributed by atoms with Crippen molar-refractivity contribution in [1.29, 1.82) is 0 Å². The van der Waals surface area contributed by atoms with E-state index in [-0.39, 0.29) is 23.1 Å². The molecule has 0 amide bonds. The van der Waals surface area contributed by atoms with E-state index in [2.05, 4.69) is 0 Å². The Hall–Kier alpha value is -0.820. The number of ketones is 2. The molecule has 0 saturated heterocycles. The maximum absolute atomic E-state index is 12.8. The molecule has 0 aliphatic heterocycles. The lowest BCUT2D eigenvalue weighted by Gasteiger charge is -2.33. The van der Waals surface area contributed by atoms with Crippen molar-refractivity contribution in [3.63, 3.8) is 0 Å². The second kappa shape index (κ2) is 18.4. The summed E-state index contributed by atoms with van der Waals surface area (Å²) in [6, 6.07) is 0. The number of carbonyl (C=O) groups excluding carboxylic acids is 2. The fourth-order valence-electron chi connectivity index (χ4n) is 3.40. The van der Waals surface area contributed by atoms with E-state index < -0.39 is 11.7 Å². The minimum absolute atomic E-state index is 0.138. The van der Waals surface area contributed by atoms with Crippen molar-refractivity contribution < 1.29 is 28.5 Å². The predicted molar refractivity (Wildman–Crippen MR) is 138 cm³/mol. The summed E-state index contributed by atoms with van der Waals surface area (Å²) in [4.78, 5) is 25.2. The van der Waals surface area contributed by atoms with Gasteiger partial charge in [0.25, 0.3) is 0 Å². The van der Waals surface area contributed by atoms with Crippen LogP contribution in [0.1, 0.15) is 113 Å². The molecule has 0 bridgehead atoms. The average Bonchev–Trinajstić information content (AvgIpc) is 2.79. The molecule has 2 atom stereocenters. The van der Waals surface area contributed by atoms with Gasteiger partial charge in [0, 0.05) is 38.1 Å². The van der Waals surface area contributed by atoms with Gasteiger partial charge in [-0.25, -0.2) is 0 Å². The normalized spacial score (nSPS) is 14.9. The van der Waals surface area contributed by atoms with Crippen LogP contribution >= 0.6 is 0 Å². The third-order valence-electron chi connectivity index (χ3n) is 6.14. The second-order valence-corrected chi connectivity index (χ2v) is 10.6. The van der Waals surface area contributed by atoms with Gasteiger partial charge in [-0.2, -0.15) is 0 Å². The molecule has 6 heteroatoms. The molecular weight excluding hydrogens is 432 g/mol. The standard InChI is InChI=1S/C28H54O6/c1-9-28(8,26(30)18-14-12-15-19-31-10-2)34-22-27(6,7)21-33-24(5)25(29)17-13-11-16-20-32-23(3)4/h23-24H,9-22H2,1-8H3/t24?,28-/m1/s1. The molecule has 202 valence electrons. The third-order valence-corrected chi connectivity index (χ3v) is 6.14. The van der Waals surface area contributed by atoms with Crippen LogP contribution in [0.4, 0.5) is 0 Å². The zero-order valence-electron chi connectivity index (χ0n) is 23.5. The van der Waals surface area contributed by atoms with Gasteiger partial charge >= 0.3 is 0 Å². The smallest absolute Gasteiger partial charge is 0.164 e. The van der Waals surface area contributed by atoms with Gasteiger partial charge < -0.3 is 18.9 Å². The van der Waals surface area contributed by atoms with Gasteiger partial charge in [-0.05, 0) is 66.7 Å². The first kappa shape index (κ1) is 33.2.